The number of carbonyl (C=O) groups is 1. The molecule has 1 amide bonds. The number of thiophene rings is 1. The third-order valence-corrected chi connectivity index (χ3v) is 8.61. The average Bonchev–Trinajstić information content (AvgIpc) is 3.15. The fourth-order valence-corrected chi connectivity index (χ4v) is 6.48. The maximum Gasteiger partial charge on any atom is 0.256 e. The van der Waals surface area contributed by atoms with Crippen molar-refractivity contribution in [2.24, 2.45) is 0 Å². The van der Waals surface area contributed by atoms with Crippen molar-refractivity contribution < 1.29 is 17.9 Å². The Morgan fingerprint density at radius 1 is 1.09 bits per heavy atom. The summed E-state index contributed by atoms with van der Waals surface area (Å²) >= 11 is 7.89. The second-order valence-corrected chi connectivity index (χ2v) is 11.8. The first-order chi connectivity index (χ1) is 15.3. The Balaban J connectivity index is 1.51. The van der Waals surface area contributed by atoms with Gasteiger partial charge in [0.2, 0.25) is 0 Å². The summed E-state index contributed by atoms with van der Waals surface area (Å²) in [5.74, 6) is -0.141. The quantitative estimate of drug-likeness (QED) is 0.555. The monoisotopic (exact) mass is 490 g/mol. The number of carbonyl (C=O) groups excluding carboxylic acids is 1. The molecule has 1 fully saturated rings. The van der Waals surface area contributed by atoms with Crippen LogP contribution in [0, 0.1) is 0 Å². The van der Waals surface area contributed by atoms with Crippen LogP contribution in [0.2, 0.25) is 5.02 Å². The number of nitrogens with zero attached hydrogens (tertiary/aromatic N) is 2. The lowest BCUT2D eigenvalue weighted by molar-refractivity contribution is 0.0736. The molecule has 9 heteroatoms. The van der Waals surface area contributed by atoms with Gasteiger partial charge in [0.05, 0.1) is 30.2 Å². The number of sulfone groups is 1. The van der Waals surface area contributed by atoms with E-state index in [-0.39, 0.29) is 10.8 Å². The van der Waals surface area contributed by atoms with Gasteiger partial charge in [-0.3, -0.25) is 4.79 Å². The number of rotatable bonds is 3. The van der Waals surface area contributed by atoms with Gasteiger partial charge in [0.25, 0.3) is 5.91 Å². The number of benzene rings is 2. The van der Waals surface area contributed by atoms with Crippen LogP contribution in [-0.4, -0.2) is 58.3 Å². The third kappa shape index (κ3) is 4.01. The Morgan fingerprint density at radius 3 is 2.62 bits per heavy atom. The van der Waals surface area contributed by atoms with Crippen LogP contribution in [0.15, 0.2) is 41.3 Å². The van der Waals surface area contributed by atoms with Gasteiger partial charge >= 0.3 is 0 Å². The van der Waals surface area contributed by atoms with E-state index in [1.165, 1.54) is 22.6 Å². The number of amides is 1. The summed E-state index contributed by atoms with van der Waals surface area (Å²) in [6.45, 7) is 3.59. The number of anilines is 1. The van der Waals surface area contributed by atoms with E-state index in [1.54, 1.807) is 23.5 Å². The maximum atomic E-state index is 13.7. The summed E-state index contributed by atoms with van der Waals surface area (Å²) in [6.07, 6.45) is 1.92. The molecule has 0 N–H and O–H groups in total. The largest absolute Gasteiger partial charge is 0.378 e. The van der Waals surface area contributed by atoms with Gasteiger partial charge in [-0.1, -0.05) is 11.6 Å². The standard InChI is InChI=1S/C23H23ClN2O4S2/c1-32(28,29)16-3-4-20(25-8-10-30-11-9-25)19(13-16)23(27)26-7-6-17-18-12-15(24)2-5-21(18)31-22(17)14-26/h2-5,12-13H,6-11,14H2,1H3. The van der Waals surface area contributed by atoms with E-state index >= 15 is 0 Å². The van der Waals surface area contributed by atoms with Crippen LogP contribution in [0.1, 0.15) is 20.8 Å². The topological polar surface area (TPSA) is 66.9 Å². The van der Waals surface area contributed by atoms with E-state index < -0.39 is 9.84 Å². The van der Waals surface area contributed by atoms with E-state index in [0.29, 0.717) is 50.0 Å². The first-order valence-electron chi connectivity index (χ1n) is 10.5. The number of ether oxygens (including phenoxy) is 1. The summed E-state index contributed by atoms with van der Waals surface area (Å²) in [5.41, 5.74) is 2.46. The van der Waals surface area contributed by atoms with Crippen LogP contribution in [-0.2, 0) is 27.5 Å². The van der Waals surface area contributed by atoms with Gasteiger partial charge in [-0.25, -0.2) is 8.42 Å². The molecule has 0 radical (unpaired) electrons. The number of fused-ring (bicyclic) bond motifs is 3. The molecule has 0 aliphatic carbocycles. The molecular formula is C23H23ClN2O4S2. The number of morpholine rings is 1. The molecule has 1 aromatic heterocycles. The van der Waals surface area contributed by atoms with Crippen molar-refractivity contribution in [2.75, 3.05) is 44.0 Å². The van der Waals surface area contributed by atoms with Crippen LogP contribution >= 0.6 is 22.9 Å². The molecule has 1 saturated heterocycles. The Kier molecular flexibility index (Phi) is 5.65. The van der Waals surface area contributed by atoms with Crippen LogP contribution in [0.25, 0.3) is 10.1 Å². The highest BCUT2D eigenvalue weighted by atomic mass is 35.5. The fourth-order valence-electron chi connectivity index (χ4n) is 4.41. The van der Waals surface area contributed by atoms with Crippen molar-refractivity contribution in [1.29, 1.82) is 0 Å². The molecule has 0 spiro atoms. The number of hydrogen-bond acceptors (Lipinski definition) is 6. The Bertz CT molecular complexity index is 1310. The number of halogens is 1. The van der Waals surface area contributed by atoms with E-state index in [4.69, 9.17) is 16.3 Å². The molecule has 0 atom stereocenters. The second-order valence-electron chi connectivity index (χ2n) is 8.17. The summed E-state index contributed by atoms with van der Waals surface area (Å²) < 4.78 is 31.0. The summed E-state index contributed by atoms with van der Waals surface area (Å²) in [4.78, 5) is 18.9. The Hall–Kier alpha value is -2.13. The van der Waals surface area contributed by atoms with Crippen molar-refractivity contribution in [2.45, 2.75) is 17.9 Å². The van der Waals surface area contributed by atoms with Gasteiger partial charge in [-0.2, -0.15) is 0 Å². The summed E-state index contributed by atoms with van der Waals surface area (Å²) in [5, 5.41) is 1.88. The van der Waals surface area contributed by atoms with E-state index in [0.717, 1.165) is 22.4 Å². The zero-order valence-corrected chi connectivity index (χ0v) is 20.0. The zero-order chi connectivity index (χ0) is 22.5. The Labute approximate surface area is 196 Å². The molecule has 0 unspecified atom stereocenters. The smallest absolute Gasteiger partial charge is 0.256 e. The normalized spacial score (nSPS) is 16.9. The molecule has 32 heavy (non-hydrogen) atoms. The lowest BCUT2D eigenvalue weighted by Gasteiger charge is -2.33. The molecule has 168 valence electrons. The predicted molar refractivity (Wildman–Crippen MR) is 128 cm³/mol. The highest BCUT2D eigenvalue weighted by Gasteiger charge is 2.29. The van der Waals surface area contributed by atoms with Gasteiger partial charge < -0.3 is 14.5 Å². The number of hydrogen-bond donors (Lipinski definition) is 0. The van der Waals surface area contributed by atoms with Gasteiger partial charge in [0, 0.05) is 46.2 Å². The van der Waals surface area contributed by atoms with Gasteiger partial charge in [0.1, 0.15) is 0 Å². The molecule has 5 rings (SSSR count). The van der Waals surface area contributed by atoms with Crippen molar-refractivity contribution in [3.63, 3.8) is 0 Å². The van der Waals surface area contributed by atoms with Crippen LogP contribution in [0.4, 0.5) is 5.69 Å². The van der Waals surface area contributed by atoms with E-state index in [9.17, 15) is 13.2 Å². The summed E-state index contributed by atoms with van der Waals surface area (Å²) in [7, 11) is -3.43. The van der Waals surface area contributed by atoms with Crippen LogP contribution in [0.5, 0.6) is 0 Å². The lowest BCUT2D eigenvalue weighted by atomic mass is 10.0. The predicted octanol–water partition coefficient (Wildman–Crippen LogP) is 3.99. The van der Waals surface area contributed by atoms with Gasteiger partial charge in [-0.15, -0.1) is 11.3 Å². The SMILES string of the molecule is CS(=O)(=O)c1ccc(N2CCOCC2)c(C(=O)N2CCc3c(sc4ccc(Cl)cc34)C2)c1. The van der Waals surface area contributed by atoms with Crippen molar-refractivity contribution in [3.8, 4) is 0 Å². The van der Waals surface area contributed by atoms with Crippen molar-refractivity contribution >= 4 is 54.5 Å². The minimum absolute atomic E-state index is 0.141. The fraction of sp³-hybridized carbons (Fsp3) is 0.348. The van der Waals surface area contributed by atoms with Gasteiger partial charge in [0.15, 0.2) is 9.84 Å². The van der Waals surface area contributed by atoms with Crippen molar-refractivity contribution in [1.82, 2.24) is 4.90 Å². The van der Waals surface area contributed by atoms with Crippen LogP contribution < -0.4 is 4.90 Å². The molecule has 6 nitrogen and oxygen atoms in total. The highest BCUT2D eigenvalue weighted by Crippen LogP contribution is 2.37. The molecule has 0 saturated carbocycles. The Morgan fingerprint density at radius 2 is 1.88 bits per heavy atom. The zero-order valence-electron chi connectivity index (χ0n) is 17.6. The minimum Gasteiger partial charge on any atom is -0.378 e. The van der Waals surface area contributed by atoms with E-state index in [1.807, 2.05) is 23.1 Å². The third-order valence-electron chi connectivity index (χ3n) is 6.07. The molecular weight excluding hydrogens is 468 g/mol. The molecule has 3 heterocycles. The van der Waals surface area contributed by atoms with Gasteiger partial charge in [-0.05, 0) is 53.8 Å². The molecule has 2 aliphatic heterocycles. The molecule has 2 aliphatic rings. The minimum atomic E-state index is -3.43. The van der Waals surface area contributed by atoms with Crippen LogP contribution in [0.3, 0.4) is 0 Å². The highest BCUT2D eigenvalue weighted by molar-refractivity contribution is 7.90. The molecule has 3 aromatic rings. The molecule has 0 bridgehead atoms. The maximum absolute atomic E-state index is 13.7. The van der Waals surface area contributed by atoms with Crippen molar-refractivity contribution in [3.05, 3.63) is 57.4 Å². The first kappa shape index (κ1) is 21.7. The second kappa shape index (κ2) is 8.33. The molecule has 2 aromatic carbocycles. The average molecular weight is 491 g/mol. The lowest BCUT2D eigenvalue weighted by Crippen LogP contribution is -2.39. The summed E-state index contributed by atoms with van der Waals surface area (Å²) in [6, 6.07) is 10.8. The first-order valence-corrected chi connectivity index (χ1v) is 13.6. The van der Waals surface area contributed by atoms with E-state index in [2.05, 4.69) is 4.90 Å².